The lowest BCUT2D eigenvalue weighted by atomic mass is 10.0. The smallest absolute Gasteiger partial charge is 0.274 e. The second kappa shape index (κ2) is 4.61. The molecular weight excluding hydrogens is 238 g/mol. The maximum atomic E-state index is 12.5. The average Bonchev–Trinajstić information content (AvgIpc) is 2.42. The van der Waals surface area contributed by atoms with Crippen molar-refractivity contribution in [3.63, 3.8) is 0 Å². The number of hydrogen-bond acceptors (Lipinski definition) is 3. The van der Waals surface area contributed by atoms with Crippen LogP contribution in [0.15, 0.2) is 24.3 Å². The third-order valence-corrected chi connectivity index (χ3v) is 3.59. The van der Waals surface area contributed by atoms with E-state index < -0.39 is 0 Å². The Hall–Kier alpha value is -1.97. The Kier molecular flexibility index (Phi) is 2.93. The summed E-state index contributed by atoms with van der Waals surface area (Å²) in [7, 11) is 0. The maximum Gasteiger partial charge on any atom is 0.274 e. The van der Waals surface area contributed by atoms with Crippen molar-refractivity contribution in [2.75, 3.05) is 6.54 Å². The molecule has 3 rings (SSSR count). The molecule has 2 heterocycles. The summed E-state index contributed by atoms with van der Waals surface area (Å²) < 4.78 is 0. The molecular formula is C15H17N3O. The first-order valence-electron chi connectivity index (χ1n) is 6.77. The number of aromatic nitrogens is 2. The second-order valence-electron chi connectivity index (χ2n) is 5.06. The van der Waals surface area contributed by atoms with Gasteiger partial charge in [0.05, 0.1) is 16.7 Å². The molecule has 0 saturated heterocycles. The summed E-state index contributed by atoms with van der Waals surface area (Å²) in [5.41, 5.74) is 3.03. The Morgan fingerprint density at radius 2 is 1.95 bits per heavy atom. The molecule has 1 aromatic carbocycles. The lowest BCUT2D eigenvalue weighted by Gasteiger charge is -2.33. The van der Waals surface area contributed by atoms with Gasteiger partial charge in [-0.05, 0) is 25.5 Å². The lowest BCUT2D eigenvalue weighted by Crippen LogP contribution is -2.45. The van der Waals surface area contributed by atoms with Crippen LogP contribution in [0.2, 0.25) is 0 Å². The molecule has 0 N–H and O–H groups in total. The van der Waals surface area contributed by atoms with Gasteiger partial charge in [-0.15, -0.1) is 0 Å². The SMILES string of the molecule is CCCN1C(=O)c2nc3ccccc3nc2CC1C. The highest BCUT2D eigenvalue weighted by Crippen LogP contribution is 2.23. The van der Waals surface area contributed by atoms with E-state index in [0.717, 1.165) is 36.1 Å². The van der Waals surface area contributed by atoms with E-state index in [0.29, 0.717) is 5.69 Å². The third kappa shape index (κ3) is 1.97. The Morgan fingerprint density at radius 1 is 1.26 bits per heavy atom. The fourth-order valence-corrected chi connectivity index (χ4v) is 2.64. The Balaban J connectivity index is 2.12. The molecule has 0 bridgehead atoms. The number of rotatable bonds is 2. The van der Waals surface area contributed by atoms with E-state index in [1.165, 1.54) is 0 Å². The molecule has 0 radical (unpaired) electrons. The Labute approximate surface area is 112 Å². The van der Waals surface area contributed by atoms with Crippen molar-refractivity contribution < 1.29 is 4.79 Å². The number of nitrogens with zero attached hydrogens (tertiary/aromatic N) is 3. The fraction of sp³-hybridized carbons (Fsp3) is 0.400. The van der Waals surface area contributed by atoms with Crippen molar-refractivity contribution in [2.24, 2.45) is 0 Å². The van der Waals surface area contributed by atoms with E-state index in [9.17, 15) is 4.79 Å². The molecule has 4 nitrogen and oxygen atoms in total. The van der Waals surface area contributed by atoms with Crippen LogP contribution in [0.4, 0.5) is 0 Å². The van der Waals surface area contributed by atoms with E-state index in [-0.39, 0.29) is 11.9 Å². The van der Waals surface area contributed by atoms with Crippen molar-refractivity contribution in [1.29, 1.82) is 0 Å². The fourth-order valence-electron chi connectivity index (χ4n) is 2.64. The highest BCUT2D eigenvalue weighted by atomic mass is 16.2. The van der Waals surface area contributed by atoms with Crippen molar-refractivity contribution in [3.05, 3.63) is 35.7 Å². The maximum absolute atomic E-state index is 12.5. The molecule has 19 heavy (non-hydrogen) atoms. The number of carbonyl (C=O) groups is 1. The van der Waals surface area contributed by atoms with Gasteiger partial charge in [0.15, 0.2) is 5.69 Å². The molecule has 0 saturated carbocycles. The van der Waals surface area contributed by atoms with Crippen molar-refractivity contribution in [1.82, 2.24) is 14.9 Å². The highest BCUT2D eigenvalue weighted by Gasteiger charge is 2.31. The first-order chi connectivity index (χ1) is 9.20. The standard InChI is InChI=1S/C15H17N3O/c1-3-8-18-10(2)9-13-14(15(18)19)17-12-7-5-4-6-11(12)16-13/h4-7,10H,3,8-9H2,1-2H3. The largest absolute Gasteiger partial charge is 0.334 e. The lowest BCUT2D eigenvalue weighted by molar-refractivity contribution is 0.0657. The molecule has 2 aromatic rings. The van der Waals surface area contributed by atoms with Crippen LogP contribution in [-0.4, -0.2) is 33.4 Å². The van der Waals surface area contributed by atoms with Gasteiger partial charge in [0.2, 0.25) is 0 Å². The Morgan fingerprint density at radius 3 is 2.63 bits per heavy atom. The number of hydrogen-bond donors (Lipinski definition) is 0. The molecule has 1 atom stereocenters. The van der Waals surface area contributed by atoms with E-state index in [1.54, 1.807) is 0 Å². The summed E-state index contributed by atoms with van der Waals surface area (Å²) in [6, 6.07) is 7.91. The minimum absolute atomic E-state index is 0.0221. The Bertz CT molecular complexity index is 638. The molecule has 0 fully saturated rings. The zero-order chi connectivity index (χ0) is 13.4. The first kappa shape index (κ1) is 12.1. The van der Waals surface area contributed by atoms with Crippen LogP contribution >= 0.6 is 0 Å². The number of amides is 1. The summed E-state index contributed by atoms with van der Waals surface area (Å²) in [6.07, 6.45) is 1.76. The highest BCUT2D eigenvalue weighted by molar-refractivity contribution is 5.96. The van der Waals surface area contributed by atoms with Gasteiger partial charge in [0.25, 0.3) is 5.91 Å². The number of fused-ring (bicyclic) bond motifs is 2. The van der Waals surface area contributed by atoms with Gasteiger partial charge in [0, 0.05) is 19.0 Å². The number of benzene rings is 1. The summed E-state index contributed by atoms with van der Waals surface area (Å²) >= 11 is 0. The van der Waals surface area contributed by atoms with Crippen LogP contribution in [0, 0.1) is 0 Å². The number of carbonyl (C=O) groups excluding carboxylic acids is 1. The van der Waals surface area contributed by atoms with E-state index in [4.69, 9.17) is 0 Å². The van der Waals surface area contributed by atoms with Crippen molar-refractivity contribution >= 4 is 16.9 Å². The van der Waals surface area contributed by atoms with Gasteiger partial charge in [-0.25, -0.2) is 9.97 Å². The van der Waals surface area contributed by atoms with Gasteiger partial charge >= 0.3 is 0 Å². The quantitative estimate of drug-likeness (QED) is 0.828. The van der Waals surface area contributed by atoms with Crippen LogP contribution in [0.25, 0.3) is 11.0 Å². The minimum Gasteiger partial charge on any atom is -0.334 e. The molecule has 1 amide bonds. The van der Waals surface area contributed by atoms with E-state index >= 15 is 0 Å². The van der Waals surface area contributed by atoms with Crippen molar-refractivity contribution in [3.8, 4) is 0 Å². The van der Waals surface area contributed by atoms with Crippen molar-refractivity contribution in [2.45, 2.75) is 32.7 Å². The predicted molar refractivity (Wildman–Crippen MR) is 74.0 cm³/mol. The molecule has 0 aliphatic carbocycles. The van der Waals surface area contributed by atoms with Crippen LogP contribution in [-0.2, 0) is 6.42 Å². The van der Waals surface area contributed by atoms with Crippen LogP contribution in [0.5, 0.6) is 0 Å². The zero-order valence-corrected chi connectivity index (χ0v) is 11.3. The molecule has 98 valence electrons. The molecule has 1 unspecified atom stereocenters. The van der Waals surface area contributed by atoms with E-state index in [1.807, 2.05) is 29.2 Å². The van der Waals surface area contributed by atoms with Crippen LogP contribution in [0.3, 0.4) is 0 Å². The monoisotopic (exact) mass is 255 g/mol. The van der Waals surface area contributed by atoms with E-state index in [2.05, 4.69) is 23.8 Å². The van der Waals surface area contributed by atoms with Gasteiger partial charge < -0.3 is 4.90 Å². The summed E-state index contributed by atoms with van der Waals surface area (Å²) in [6.45, 7) is 4.95. The predicted octanol–water partition coefficient (Wildman–Crippen LogP) is 2.43. The molecule has 0 spiro atoms. The van der Waals surface area contributed by atoms with Crippen LogP contribution in [0.1, 0.15) is 36.5 Å². The number of para-hydroxylation sites is 2. The summed E-state index contributed by atoms with van der Waals surface area (Å²) in [5, 5.41) is 0. The molecule has 1 aliphatic heterocycles. The average molecular weight is 255 g/mol. The zero-order valence-electron chi connectivity index (χ0n) is 11.3. The molecule has 1 aliphatic rings. The molecule has 1 aromatic heterocycles. The topological polar surface area (TPSA) is 46.1 Å². The van der Waals surface area contributed by atoms with Crippen LogP contribution < -0.4 is 0 Å². The van der Waals surface area contributed by atoms with Gasteiger partial charge in [-0.1, -0.05) is 19.1 Å². The van der Waals surface area contributed by atoms with Gasteiger partial charge in [-0.2, -0.15) is 0 Å². The first-order valence-corrected chi connectivity index (χ1v) is 6.77. The van der Waals surface area contributed by atoms with Gasteiger partial charge in [-0.3, -0.25) is 4.79 Å². The molecule has 4 heteroatoms. The summed E-state index contributed by atoms with van der Waals surface area (Å²) in [5.74, 6) is 0.0221. The second-order valence-corrected chi connectivity index (χ2v) is 5.06. The third-order valence-electron chi connectivity index (χ3n) is 3.59. The van der Waals surface area contributed by atoms with Gasteiger partial charge in [0.1, 0.15) is 0 Å². The normalized spacial score (nSPS) is 18.7. The minimum atomic E-state index is 0.0221. The summed E-state index contributed by atoms with van der Waals surface area (Å²) in [4.78, 5) is 23.5.